The van der Waals surface area contributed by atoms with Gasteiger partial charge in [-0.2, -0.15) is 0 Å². The number of hydrogen-bond donors (Lipinski definition) is 0. The first-order chi connectivity index (χ1) is 21.8. The molecule has 6 aromatic carbocycles. The molecule has 8 aromatic rings. The fourth-order valence-electron chi connectivity index (χ4n) is 7.24. The second kappa shape index (κ2) is 10.00. The molecule has 0 fully saturated rings. The standard InChI is InChI=1S/C42H30N2/c1-3-13-29(14-4-1)31-17-11-19-33(27-31)43-39-23-9-7-21-35(39)37-25-26-38-36-22-8-10-24-40(36)44(42(38)41(37)43)34-20-12-18-32(28-34)30-15-5-2-6-16-30/h1-17,19-28,32H,18H2. The van der Waals surface area contributed by atoms with E-state index in [0.717, 1.165) is 12.1 Å². The monoisotopic (exact) mass is 562 g/mol. The lowest BCUT2D eigenvalue weighted by Gasteiger charge is -2.20. The van der Waals surface area contributed by atoms with E-state index in [-0.39, 0.29) is 0 Å². The zero-order chi connectivity index (χ0) is 29.0. The molecule has 0 saturated heterocycles. The maximum atomic E-state index is 2.51. The van der Waals surface area contributed by atoms with Crippen LogP contribution in [0, 0.1) is 0 Å². The van der Waals surface area contributed by atoms with Crippen molar-refractivity contribution in [3.63, 3.8) is 0 Å². The quantitative estimate of drug-likeness (QED) is 0.202. The van der Waals surface area contributed by atoms with Crippen molar-refractivity contribution in [3.8, 4) is 16.8 Å². The summed E-state index contributed by atoms with van der Waals surface area (Å²) in [6.07, 6.45) is 8.12. The number of benzene rings is 6. The van der Waals surface area contributed by atoms with E-state index in [4.69, 9.17) is 0 Å². The molecule has 0 spiro atoms. The van der Waals surface area contributed by atoms with E-state index in [1.54, 1.807) is 0 Å². The van der Waals surface area contributed by atoms with Crippen LogP contribution >= 0.6 is 0 Å². The van der Waals surface area contributed by atoms with Crippen LogP contribution in [-0.4, -0.2) is 9.13 Å². The van der Waals surface area contributed by atoms with E-state index in [1.807, 2.05) is 0 Å². The van der Waals surface area contributed by atoms with Crippen molar-refractivity contribution in [2.24, 2.45) is 0 Å². The Morgan fingerprint density at radius 2 is 1.07 bits per heavy atom. The molecule has 0 N–H and O–H groups in total. The molecular weight excluding hydrogens is 532 g/mol. The molecule has 44 heavy (non-hydrogen) atoms. The lowest BCUT2D eigenvalue weighted by molar-refractivity contribution is 0.849. The molecule has 1 aliphatic rings. The Kier molecular flexibility index (Phi) is 5.67. The summed E-state index contributed by atoms with van der Waals surface area (Å²) in [5.74, 6) is 0.333. The molecule has 2 aromatic heterocycles. The third kappa shape index (κ3) is 3.81. The van der Waals surface area contributed by atoms with Gasteiger partial charge in [0.15, 0.2) is 0 Å². The molecule has 0 radical (unpaired) electrons. The fourth-order valence-corrected chi connectivity index (χ4v) is 7.24. The summed E-state index contributed by atoms with van der Waals surface area (Å²) >= 11 is 0. The summed E-state index contributed by atoms with van der Waals surface area (Å²) in [5, 5.41) is 5.08. The van der Waals surface area contributed by atoms with Gasteiger partial charge in [-0.1, -0.05) is 133 Å². The molecule has 0 saturated carbocycles. The highest BCUT2D eigenvalue weighted by Crippen LogP contribution is 2.43. The summed E-state index contributed by atoms with van der Waals surface area (Å²) < 4.78 is 4.99. The number of rotatable bonds is 4. The van der Waals surface area contributed by atoms with Gasteiger partial charge >= 0.3 is 0 Å². The van der Waals surface area contributed by atoms with Crippen LogP contribution in [0.15, 0.2) is 164 Å². The molecule has 2 nitrogen and oxygen atoms in total. The van der Waals surface area contributed by atoms with Crippen LogP contribution in [0.25, 0.3) is 66.1 Å². The zero-order valence-corrected chi connectivity index (χ0v) is 24.3. The highest BCUT2D eigenvalue weighted by Gasteiger charge is 2.23. The molecule has 0 bridgehead atoms. The van der Waals surface area contributed by atoms with Crippen molar-refractivity contribution in [3.05, 3.63) is 169 Å². The van der Waals surface area contributed by atoms with Gasteiger partial charge < -0.3 is 9.13 Å². The van der Waals surface area contributed by atoms with Gasteiger partial charge in [0.2, 0.25) is 0 Å². The van der Waals surface area contributed by atoms with E-state index in [0.29, 0.717) is 5.92 Å². The first-order valence-electron chi connectivity index (χ1n) is 15.4. The Balaban J connectivity index is 1.40. The number of allylic oxidation sites excluding steroid dienone is 4. The fraction of sp³-hybridized carbons (Fsp3) is 0.0476. The van der Waals surface area contributed by atoms with E-state index in [2.05, 4.69) is 173 Å². The zero-order valence-electron chi connectivity index (χ0n) is 24.3. The van der Waals surface area contributed by atoms with Crippen molar-refractivity contribution in [2.75, 3.05) is 0 Å². The van der Waals surface area contributed by atoms with Crippen LogP contribution < -0.4 is 0 Å². The van der Waals surface area contributed by atoms with Gasteiger partial charge in [-0.25, -0.2) is 0 Å². The molecule has 0 amide bonds. The molecule has 208 valence electrons. The highest BCUT2D eigenvalue weighted by molar-refractivity contribution is 6.24. The van der Waals surface area contributed by atoms with Crippen molar-refractivity contribution in [2.45, 2.75) is 12.3 Å². The first-order valence-corrected chi connectivity index (χ1v) is 15.4. The Hall–Kier alpha value is -5.60. The summed E-state index contributed by atoms with van der Waals surface area (Å²) in [7, 11) is 0. The third-order valence-corrected chi connectivity index (χ3v) is 9.22. The third-order valence-electron chi connectivity index (χ3n) is 9.22. The lowest BCUT2D eigenvalue weighted by Crippen LogP contribution is -2.04. The van der Waals surface area contributed by atoms with E-state index >= 15 is 0 Å². The average Bonchev–Trinajstić information content (AvgIpc) is 3.62. The number of nitrogens with zero attached hydrogens (tertiary/aromatic N) is 2. The number of para-hydroxylation sites is 2. The molecule has 0 aliphatic heterocycles. The molecule has 1 unspecified atom stereocenters. The molecule has 2 heterocycles. The summed E-state index contributed by atoms with van der Waals surface area (Å²) in [5.41, 5.74) is 11.1. The summed E-state index contributed by atoms with van der Waals surface area (Å²) in [6, 6.07) is 52.9. The van der Waals surface area contributed by atoms with Crippen LogP contribution in [0.4, 0.5) is 0 Å². The molecular formula is C42H30N2. The maximum Gasteiger partial charge on any atom is 0.0788 e. The van der Waals surface area contributed by atoms with Crippen molar-refractivity contribution < 1.29 is 0 Å². The predicted molar refractivity (Wildman–Crippen MR) is 186 cm³/mol. The van der Waals surface area contributed by atoms with Gasteiger partial charge in [-0.3, -0.25) is 0 Å². The second-order valence-corrected chi connectivity index (χ2v) is 11.7. The van der Waals surface area contributed by atoms with Gasteiger partial charge in [0.25, 0.3) is 0 Å². The van der Waals surface area contributed by atoms with E-state index < -0.39 is 0 Å². The lowest BCUT2D eigenvalue weighted by atomic mass is 9.91. The maximum absolute atomic E-state index is 2.51. The van der Waals surface area contributed by atoms with Gasteiger partial charge in [-0.15, -0.1) is 0 Å². The van der Waals surface area contributed by atoms with Crippen LogP contribution in [-0.2, 0) is 0 Å². The number of fused-ring (bicyclic) bond motifs is 7. The largest absolute Gasteiger partial charge is 0.307 e. The summed E-state index contributed by atoms with van der Waals surface area (Å²) in [4.78, 5) is 0. The minimum absolute atomic E-state index is 0.333. The van der Waals surface area contributed by atoms with Gasteiger partial charge in [-0.05, 0) is 53.5 Å². The molecule has 1 aliphatic carbocycles. The smallest absolute Gasteiger partial charge is 0.0788 e. The Morgan fingerprint density at radius 3 is 1.80 bits per heavy atom. The van der Waals surface area contributed by atoms with Gasteiger partial charge in [0, 0.05) is 38.8 Å². The SMILES string of the molecule is C1=CC(n2c3ccccc3c3ccc4c5ccccc5n(-c5cccc(-c6ccccc6)c5)c4c32)=CC(c2ccccc2)C1. The molecule has 1 atom stereocenters. The Morgan fingerprint density at radius 1 is 0.477 bits per heavy atom. The minimum Gasteiger partial charge on any atom is -0.307 e. The summed E-state index contributed by atoms with van der Waals surface area (Å²) in [6.45, 7) is 0. The number of hydrogen-bond acceptors (Lipinski definition) is 0. The van der Waals surface area contributed by atoms with E-state index in [1.165, 1.54) is 66.0 Å². The topological polar surface area (TPSA) is 9.86 Å². The number of aromatic nitrogens is 2. The van der Waals surface area contributed by atoms with Gasteiger partial charge in [0.1, 0.15) is 0 Å². The van der Waals surface area contributed by atoms with Crippen molar-refractivity contribution in [1.82, 2.24) is 9.13 Å². The van der Waals surface area contributed by atoms with Crippen LogP contribution in [0.1, 0.15) is 17.9 Å². The Bertz CT molecular complexity index is 2400. The Labute approximate surface area is 256 Å². The van der Waals surface area contributed by atoms with Crippen molar-refractivity contribution >= 4 is 49.3 Å². The normalized spacial score (nSPS) is 15.0. The molecule has 9 rings (SSSR count). The average molecular weight is 563 g/mol. The molecule has 2 heteroatoms. The minimum atomic E-state index is 0.333. The predicted octanol–water partition coefficient (Wildman–Crippen LogP) is 11.1. The van der Waals surface area contributed by atoms with Crippen LogP contribution in [0.5, 0.6) is 0 Å². The van der Waals surface area contributed by atoms with Gasteiger partial charge in [0.05, 0.1) is 22.1 Å². The highest BCUT2D eigenvalue weighted by atomic mass is 15.0. The van der Waals surface area contributed by atoms with E-state index in [9.17, 15) is 0 Å². The van der Waals surface area contributed by atoms with Crippen LogP contribution in [0.2, 0.25) is 0 Å². The van der Waals surface area contributed by atoms with Crippen molar-refractivity contribution in [1.29, 1.82) is 0 Å². The van der Waals surface area contributed by atoms with Crippen LogP contribution in [0.3, 0.4) is 0 Å². The second-order valence-electron chi connectivity index (χ2n) is 11.7. The first kappa shape index (κ1) is 24.9.